The van der Waals surface area contributed by atoms with E-state index in [-0.39, 0.29) is 18.9 Å². The highest BCUT2D eigenvalue weighted by Gasteiger charge is 2.25. The third-order valence-corrected chi connectivity index (χ3v) is 1.73. The first-order valence-electron chi connectivity index (χ1n) is 4.61. The minimum Gasteiger partial charge on any atom is -0.370 e. The molecule has 1 aromatic heterocycles. The molecule has 0 aliphatic carbocycles. The number of nitrogens with one attached hydrogen (secondary N) is 2. The van der Waals surface area contributed by atoms with Crippen molar-refractivity contribution in [2.24, 2.45) is 5.84 Å². The number of rotatable bonds is 5. The molecule has 1 rings (SSSR count). The summed E-state index contributed by atoms with van der Waals surface area (Å²) in [6, 6.07) is 1.55. The molecule has 5 nitrogen and oxygen atoms in total. The summed E-state index contributed by atoms with van der Waals surface area (Å²) in [6.07, 6.45) is -3.47. The standard InChI is InChI=1S/C8H12F3N5/c9-8(10,11)3-1-4-13-6-2-5-14-7(15-6)16-12/h2,5H,1,3-4,12H2,(H2,13,14,15,16). The molecule has 0 saturated carbocycles. The second-order valence-corrected chi connectivity index (χ2v) is 3.06. The number of anilines is 2. The smallest absolute Gasteiger partial charge is 0.370 e. The quantitative estimate of drug-likeness (QED) is 0.410. The highest BCUT2D eigenvalue weighted by atomic mass is 19.4. The molecule has 1 heterocycles. The number of aromatic nitrogens is 2. The first kappa shape index (κ1) is 12.5. The number of nitrogens with two attached hydrogens (primary N) is 1. The highest BCUT2D eigenvalue weighted by molar-refractivity contribution is 5.38. The second kappa shape index (κ2) is 5.50. The lowest BCUT2D eigenvalue weighted by Gasteiger charge is -2.08. The van der Waals surface area contributed by atoms with Crippen molar-refractivity contribution in [1.29, 1.82) is 0 Å². The molecule has 8 heteroatoms. The summed E-state index contributed by atoms with van der Waals surface area (Å²) in [5.74, 6) is 5.72. The second-order valence-electron chi connectivity index (χ2n) is 3.06. The van der Waals surface area contributed by atoms with Gasteiger partial charge >= 0.3 is 6.18 Å². The Morgan fingerprint density at radius 3 is 2.75 bits per heavy atom. The zero-order chi connectivity index (χ0) is 12.0. The number of hydrazine groups is 1. The monoisotopic (exact) mass is 235 g/mol. The van der Waals surface area contributed by atoms with Crippen LogP contribution in [-0.2, 0) is 0 Å². The molecule has 0 amide bonds. The van der Waals surface area contributed by atoms with E-state index >= 15 is 0 Å². The van der Waals surface area contributed by atoms with E-state index in [9.17, 15) is 13.2 Å². The molecule has 0 atom stereocenters. The largest absolute Gasteiger partial charge is 0.389 e. The third-order valence-electron chi connectivity index (χ3n) is 1.73. The summed E-state index contributed by atoms with van der Waals surface area (Å²) < 4.78 is 35.5. The number of hydrogen-bond acceptors (Lipinski definition) is 5. The SMILES string of the molecule is NNc1nccc(NCCCC(F)(F)F)n1. The molecule has 16 heavy (non-hydrogen) atoms. The predicted octanol–water partition coefficient (Wildman–Crippen LogP) is 1.52. The van der Waals surface area contributed by atoms with Crippen LogP contribution in [0.4, 0.5) is 24.9 Å². The minimum atomic E-state index is -4.11. The maximum atomic E-state index is 11.8. The Balaban J connectivity index is 2.32. The Kier molecular flexibility index (Phi) is 4.29. The summed E-state index contributed by atoms with van der Waals surface area (Å²) in [4.78, 5) is 7.64. The van der Waals surface area contributed by atoms with Crippen LogP contribution in [0.15, 0.2) is 12.3 Å². The molecule has 0 fully saturated rings. The van der Waals surface area contributed by atoms with Crippen LogP contribution < -0.4 is 16.6 Å². The maximum absolute atomic E-state index is 11.8. The van der Waals surface area contributed by atoms with Crippen LogP contribution in [0.25, 0.3) is 0 Å². The van der Waals surface area contributed by atoms with Gasteiger partial charge in [-0.05, 0) is 12.5 Å². The number of halogens is 3. The molecule has 0 aliphatic rings. The molecule has 0 unspecified atom stereocenters. The summed E-state index contributed by atoms with van der Waals surface area (Å²) in [5.41, 5.74) is 2.24. The predicted molar refractivity (Wildman–Crippen MR) is 53.6 cm³/mol. The van der Waals surface area contributed by atoms with Gasteiger partial charge in [0.15, 0.2) is 0 Å². The van der Waals surface area contributed by atoms with Crippen molar-refractivity contribution in [3.8, 4) is 0 Å². The van der Waals surface area contributed by atoms with Gasteiger partial charge in [-0.1, -0.05) is 0 Å². The Hall–Kier alpha value is -1.57. The summed E-state index contributed by atoms with van der Waals surface area (Å²) in [7, 11) is 0. The van der Waals surface area contributed by atoms with Crippen molar-refractivity contribution in [3.05, 3.63) is 12.3 Å². The van der Waals surface area contributed by atoms with Crippen molar-refractivity contribution in [2.45, 2.75) is 19.0 Å². The number of alkyl halides is 3. The maximum Gasteiger partial charge on any atom is 0.389 e. The van der Waals surface area contributed by atoms with Gasteiger partial charge in [-0.15, -0.1) is 0 Å². The average molecular weight is 235 g/mol. The minimum absolute atomic E-state index is 0.00110. The summed E-state index contributed by atoms with van der Waals surface area (Å²) in [6.45, 7) is 0.195. The number of nitrogens with zero attached hydrogens (tertiary/aromatic N) is 2. The van der Waals surface area contributed by atoms with E-state index in [4.69, 9.17) is 5.84 Å². The van der Waals surface area contributed by atoms with Crippen LogP contribution >= 0.6 is 0 Å². The van der Waals surface area contributed by atoms with Gasteiger partial charge < -0.3 is 5.32 Å². The van der Waals surface area contributed by atoms with Crippen molar-refractivity contribution >= 4 is 11.8 Å². The van der Waals surface area contributed by atoms with Gasteiger partial charge in [-0.25, -0.2) is 10.8 Å². The lowest BCUT2D eigenvalue weighted by Crippen LogP contribution is -2.13. The van der Waals surface area contributed by atoms with Crippen LogP contribution in [0.3, 0.4) is 0 Å². The van der Waals surface area contributed by atoms with Crippen LogP contribution in [0.2, 0.25) is 0 Å². The molecule has 0 aromatic carbocycles. The van der Waals surface area contributed by atoms with Gasteiger partial charge in [0.1, 0.15) is 5.82 Å². The van der Waals surface area contributed by atoms with E-state index in [2.05, 4.69) is 20.7 Å². The molecule has 4 N–H and O–H groups in total. The molecular weight excluding hydrogens is 223 g/mol. The van der Waals surface area contributed by atoms with E-state index < -0.39 is 12.6 Å². The Morgan fingerprint density at radius 2 is 2.12 bits per heavy atom. The summed E-state index contributed by atoms with van der Waals surface area (Å²) >= 11 is 0. The van der Waals surface area contributed by atoms with E-state index in [1.165, 1.54) is 6.20 Å². The molecule has 0 radical (unpaired) electrons. The Bertz CT molecular complexity index is 328. The fourth-order valence-electron chi connectivity index (χ4n) is 1.03. The van der Waals surface area contributed by atoms with Gasteiger partial charge in [0.25, 0.3) is 0 Å². The van der Waals surface area contributed by atoms with Gasteiger partial charge in [0.05, 0.1) is 0 Å². The van der Waals surface area contributed by atoms with E-state index in [1.807, 2.05) is 0 Å². The first-order valence-corrected chi connectivity index (χ1v) is 4.61. The van der Waals surface area contributed by atoms with E-state index in [1.54, 1.807) is 6.07 Å². The third kappa shape index (κ3) is 4.78. The Morgan fingerprint density at radius 1 is 1.38 bits per heavy atom. The molecule has 0 aliphatic heterocycles. The van der Waals surface area contributed by atoms with Crippen molar-refractivity contribution < 1.29 is 13.2 Å². The van der Waals surface area contributed by atoms with Gasteiger partial charge in [0, 0.05) is 19.2 Å². The van der Waals surface area contributed by atoms with Crippen molar-refractivity contribution in [1.82, 2.24) is 9.97 Å². The number of hydrogen-bond donors (Lipinski definition) is 3. The molecule has 0 saturated heterocycles. The van der Waals surface area contributed by atoms with Crippen molar-refractivity contribution in [3.63, 3.8) is 0 Å². The zero-order valence-corrected chi connectivity index (χ0v) is 8.38. The lowest BCUT2D eigenvalue weighted by molar-refractivity contribution is -0.134. The van der Waals surface area contributed by atoms with Crippen molar-refractivity contribution in [2.75, 3.05) is 17.3 Å². The lowest BCUT2D eigenvalue weighted by atomic mass is 10.3. The van der Waals surface area contributed by atoms with Gasteiger partial charge in [-0.3, -0.25) is 5.43 Å². The summed E-state index contributed by atoms with van der Waals surface area (Å²) in [5, 5.41) is 2.75. The average Bonchev–Trinajstić information content (AvgIpc) is 2.23. The molecule has 1 aromatic rings. The molecule has 90 valence electrons. The topological polar surface area (TPSA) is 75.9 Å². The number of nitrogen functional groups attached to an aromatic ring is 1. The molecular formula is C8H12F3N5. The normalized spacial score (nSPS) is 11.2. The van der Waals surface area contributed by atoms with E-state index in [0.29, 0.717) is 5.82 Å². The zero-order valence-electron chi connectivity index (χ0n) is 8.38. The molecule has 0 spiro atoms. The highest BCUT2D eigenvalue weighted by Crippen LogP contribution is 2.21. The molecule has 0 bridgehead atoms. The van der Waals surface area contributed by atoms with Crippen LogP contribution in [0.1, 0.15) is 12.8 Å². The van der Waals surface area contributed by atoms with Crippen LogP contribution in [0.5, 0.6) is 0 Å². The fraction of sp³-hybridized carbons (Fsp3) is 0.500. The van der Waals surface area contributed by atoms with Gasteiger partial charge in [0.2, 0.25) is 5.95 Å². The fourth-order valence-corrected chi connectivity index (χ4v) is 1.03. The van der Waals surface area contributed by atoms with Crippen LogP contribution in [0, 0.1) is 0 Å². The van der Waals surface area contributed by atoms with Crippen LogP contribution in [-0.4, -0.2) is 22.7 Å². The Labute approximate surface area is 90.2 Å². The van der Waals surface area contributed by atoms with E-state index in [0.717, 1.165) is 0 Å². The first-order chi connectivity index (χ1) is 7.51. The van der Waals surface area contributed by atoms with Gasteiger partial charge in [-0.2, -0.15) is 18.2 Å².